The molecule has 1 unspecified atom stereocenters. The molecule has 0 heterocycles. The number of hydrogen-bond acceptors (Lipinski definition) is 6. The van der Waals surface area contributed by atoms with Gasteiger partial charge in [-0.1, -0.05) is 25.1 Å². The van der Waals surface area contributed by atoms with Crippen molar-refractivity contribution >= 4 is 21.8 Å². The molecule has 0 bridgehead atoms. The van der Waals surface area contributed by atoms with Gasteiger partial charge < -0.3 is 23.9 Å². The number of carbonyl (C=O) groups is 1. The van der Waals surface area contributed by atoms with Crippen LogP contribution in [0, 0.1) is 5.82 Å². The number of nitrogens with one attached hydrogen (secondary N) is 1. The van der Waals surface area contributed by atoms with Crippen molar-refractivity contribution < 1.29 is 31.3 Å². The van der Waals surface area contributed by atoms with Crippen molar-refractivity contribution in [2.75, 3.05) is 19.5 Å². The third kappa shape index (κ3) is 6.45. The number of amides is 2. The first-order chi connectivity index (χ1) is 17.2. The number of urea groups is 1. The number of hydrogen-bond donors (Lipinski definition) is 1. The lowest BCUT2D eigenvalue weighted by Crippen LogP contribution is -2.40. The van der Waals surface area contributed by atoms with Crippen molar-refractivity contribution in [2.45, 2.75) is 37.8 Å². The van der Waals surface area contributed by atoms with E-state index >= 15 is 0 Å². The Morgan fingerprint density at radius 3 is 2.28 bits per heavy atom. The van der Waals surface area contributed by atoms with E-state index in [0.717, 1.165) is 24.3 Å². The quantitative estimate of drug-likeness (QED) is 0.361. The molecule has 0 fully saturated rings. The first-order valence-electron chi connectivity index (χ1n) is 11.3. The van der Waals surface area contributed by atoms with Gasteiger partial charge in [-0.2, -0.15) is 8.42 Å². The number of anilines is 1. The molecule has 0 aliphatic rings. The Balaban J connectivity index is 1.87. The van der Waals surface area contributed by atoms with Gasteiger partial charge in [0.15, 0.2) is 11.5 Å². The van der Waals surface area contributed by atoms with E-state index in [0.29, 0.717) is 23.4 Å². The summed E-state index contributed by atoms with van der Waals surface area (Å²) in [5.74, 6) is 0.109. The molecule has 3 rings (SSSR count). The topological polar surface area (TPSA) is 94.2 Å². The minimum Gasteiger partial charge on any atom is -0.495 e. The average molecular weight is 517 g/mol. The average Bonchev–Trinajstić information content (AvgIpc) is 2.87. The molecule has 0 aliphatic heterocycles. The Morgan fingerprint density at radius 2 is 1.64 bits per heavy atom. The molecule has 1 atom stereocenters. The Hall–Kier alpha value is -3.79. The van der Waals surface area contributed by atoms with Gasteiger partial charge >= 0.3 is 16.1 Å². The fourth-order valence-electron chi connectivity index (χ4n) is 3.43. The van der Waals surface area contributed by atoms with Crippen molar-refractivity contribution in [2.24, 2.45) is 0 Å². The monoisotopic (exact) mass is 516 g/mol. The second-order valence-corrected chi connectivity index (χ2v) is 9.54. The van der Waals surface area contributed by atoms with Crippen LogP contribution in [0.4, 0.5) is 14.9 Å². The Morgan fingerprint density at radius 1 is 0.972 bits per heavy atom. The number of nitrogens with zero attached hydrogens (tertiary/aromatic N) is 1. The normalized spacial score (nSPS) is 11.9. The number of ether oxygens (including phenoxy) is 2. The highest BCUT2D eigenvalue weighted by Gasteiger charge is 2.23. The largest absolute Gasteiger partial charge is 0.495 e. The van der Waals surface area contributed by atoms with Gasteiger partial charge in [0.05, 0.1) is 19.9 Å². The van der Waals surface area contributed by atoms with Gasteiger partial charge in [0.2, 0.25) is 0 Å². The van der Waals surface area contributed by atoms with Gasteiger partial charge in [-0.25, -0.2) is 9.18 Å². The van der Waals surface area contributed by atoms with E-state index in [1.807, 2.05) is 13.8 Å². The summed E-state index contributed by atoms with van der Waals surface area (Å²) in [6, 6.07) is 15.7. The summed E-state index contributed by atoms with van der Waals surface area (Å²) in [4.78, 5) is 14.6. The smallest absolute Gasteiger partial charge is 0.339 e. The van der Waals surface area contributed by atoms with Crippen LogP contribution in [0.1, 0.15) is 25.8 Å². The van der Waals surface area contributed by atoms with Crippen LogP contribution in [0.25, 0.3) is 0 Å². The first kappa shape index (κ1) is 26.8. The molecule has 10 heteroatoms. The van der Waals surface area contributed by atoms with E-state index in [2.05, 4.69) is 5.32 Å². The molecule has 0 aliphatic carbocycles. The molecule has 3 aromatic rings. The van der Waals surface area contributed by atoms with Gasteiger partial charge in [-0.3, -0.25) is 0 Å². The molecule has 0 saturated carbocycles. The zero-order chi connectivity index (χ0) is 26.3. The molecule has 192 valence electrons. The molecular formula is C26H29FN2O6S. The lowest BCUT2D eigenvalue weighted by molar-refractivity contribution is 0.187. The summed E-state index contributed by atoms with van der Waals surface area (Å²) < 4.78 is 54.7. The van der Waals surface area contributed by atoms with Gasteiger partial charge in [0.1, 0.15) is 16.5 Å². The number of halogens is 1. The molecular weight excluding hydrogens is 487 g/mol. The summed E-state index contributed by atoms with van der Waals surface area (Å²) in [7, 11) is -1.34. The van der Waals surface area contributed by atoms with Crippen molar-refractivity contribution in [1.82, 2.24) is 4.90 Å². The molecule has 0 radical (unpaired) electrons. The molecule has 0 aromatic heterocycles. The first-order valence-corrected chi connectivity index (χ1v) is 12.7. The number of benzene rings is 3. The second-order valence-electron chi connectivity index (χ2n) is 7.99. The zero-order valence-corrected chi connectivity index (χ0v) is 21.3. The van der Waals surface area contributed by atoms with Crippen molar-refractivity contribution in [3.05, 3.63) is 78.1 Å². The van der Waals surface area contributed by atoms with E-state index in [1.165, 1.54) is 20.3 Å². The molecule has 2 amide bonds. The SMILES string of the molecule is CCC(C)N(Cc1ccc(OC)c(OS(=O)(=O)c2ccc(F)cc2)c1)C(=O)Nc1ccccc1OC. The molecule has 0 spiro atoms. The highest BCUT2D eigenvalue weighted by Crippen LogP contribution is 2.32. The van der Waals surface area contributed by atoms with Crippen molar-refractivity contribution in [3.63, 3.8) is 0 Å². The minimum atomic E-state index is -4.25. The van der Waals surface area contributed by atoms with E-state index < -0.39 is 15.9 Å². The maximum absolute atomic E-state index is 13.2. The third-order valence-electron chi connectivity index (χ3n) is 5.62. The van der Waals surface area contributed by atoms with Crippen molar-refractivity contribution in [1.29, 1.82) is 0 Å². The highest BCUT2D eigenvalue weighted by molar-refractivity contribution is 7.87. The van der Waals surface area contributed by atoms with Crippen LogP contribution in [0.2, 0.25) is 0 Å². The number of para-hydroxylation sites is 2. The lowest BCUT2D eigenvalue weighted by atomic mass is 10.1. The Bertz CT molecular complexity index is 1300. The summed E-state index contributed by atoms with van der Waals surface area (Å²) >= 11 is 0. The predicted molar refractivity (Wildman–Crippen MR) is 135 cm³/mol. The summed E-state index contributed by atoms with van der Waals surface area (Å²) in [5.41, 5.74) is 1.15. The van der Waals surface area contributed by atoms with Crippen LogP contribution in [0.5, 0.6) is 17.2 Å². The van der Waals surface area contributed by atoms with Crippen LogP contribution >= 0.6 is 0 Å². The van der Waals surface area contributed by atoms with Gasteiger partial charge in [-0.05, 0) is 67.4 Å². The molecule has 0 saturated heterocycles. The Labute approximate surface area is 210 Å². The van der Waals surface area contributed by atoms with Crippen LogP contribution < -0.4 is 19.0 Å². The van der Waals surface area contributed by atoms with E-state index in [-0.39, 0.29) is 35.0 Å². The number of rotatable bonds is 10. The maximum atomic E-state index is 13.2. The van der Waals surface area contributed by atoms with Crippen LogP contribution in [-0.4, -0.2) is 39.6 Å². The summed E-state index contributed by atoms with van der Waals surface area (Å²) in [5, 5.41) is 2.88. The van der Waals surface area contributed by atoms with Crippen LogP contribution in [-0.2, 0) is 16.7 Å². The van der Waals surface area contributed by atoms with Gasteiger partial charge in [0.25, 0.3) is 0 Å². The van der Waals surface area contributed by atoms with E-state index in [4.69, 9.17) is 13.7 Å². The van der Waals surface area contributed by atoms with Crippen molar-refractivity contribution in [3.8, 4) is 17.2 Å². The minimum absolute atomic E-state index is 0.0476. The molecule has 36 heavy (non-hydrogen) atoms. The standard InChI is InChI=1S/C26H29FN2O6S/c1-5-18(2)29(26(30)28-22-8-6-7-9-23(22)33-3)17-19-10-15-24(34-4)25(16-19)35-36(31,32)21-13-11-20(27)12-14-21/h6-16,18H,5,17H2,1-4H3,(H,28,30). The van der Waals surface area contributed by atoms with E-state index in [9.17, 15) is 17.6 Å². The third-order valence-corrected chi connectivity index (χ3v) is 6.86. The van der Waals surface area contributed by atoms with Gasteiger partial charge in [-0.15, -0.1) is 0 Å². The van der Waals surface area contributed by atoms with Gasteiger partial charge in [0, 0.05) is 12.6 Å². The predicted octanol–water partition coefficient (Wildman–Crippen LogP) is 5.44. The van der Waals surface area contributed by atoms with Crippen LogP contribution in [0.15, 0.2) is 71.6 Å². The molecule has 3 aromatic carbocycles. The Kier molecular flexibility index (Phi) is 8.76. The van der Waals surface area contributed by atoms with Crippen LogP contribution in [0.3, 0.4) is 0 Å². The van der Waals surface area contributed by atoms with E-state index in [1.54, 1.807) is 41.3 Å². The highest BCUT2D eigenvalue weighted by atomic mass is 32.2. The zero-order valence-electron chi connectivity index (χ0n) is 20.5. The summed E-state index contributed by atoms with van der Waals surface area (Å²) in [6.07, 6.45) is 0.692. The number of carbonyl (C=O) groups excluding carboxylic acids is 1. The molecule has 8 nitrogen and oxygen atoms in total. The second kappa shape index (κ2) is 11.8. The molecule has 1 N–H and O–H groups in total. The number of methoxy groups -OCH3 is 2. The fraction of sp³-hybridized carbons (Fsp3) is 0.269. The lowest BCUT2D eigenvalue weighted by Gasteiger charge is -2.29. The maximum Gasteiger partial charge on any atom is 0.339 e. The fourth-order valence-corrected chi connectivity index (χ4v) is 4.36. The summed E-state index contributed by atoms with van der Waals surface area (Å²) in [6.45, 7) is 4.06.